The van der Waals surface area contributed by atoms with Crippen LogP contribution in [0.2, 0.25) is 0 Å². The number of hydrogen-bond donors (Lipinski definition) is 1. The van der Waals surface area contributed by atoms with Crippen molar-refractivity contribution in [1.29, 1.82) is 0 Å². The SMILES string of the molecule is CNCc1ccccc1N(C)Cc1csc(C)n1. The molecule has 4 heteroatoms. The third-order valence-corrected chi connectivity index (χ3v) is 3.66. The summed E-state index contributed by atoms with van der Waals surface area (Å²) in [6.07, 6.45) is 0. The van der Waals surface area contributed by atoms with E-state index in [1.807, 2.05) is 14.0 Å². The number of rotatable bonds is 5. The first-order valence-electron chi connectivity index (χ1n) is 6.05. The highest BCUT2D eigenvalue weighted by atomic mass is 32.1. The van der Waals surface area contributed by atoms with Crippen molar-refractivity contribution in [1.82, 2.24) is 10.3 Å². The van der Waals surface area contributed by atoms with E-state index < -0.39 is 0 Å². The number of benzene rings is 1. The predicted octanol–water partition coefficient (Wildman–Crippen LogP) is 2.81. The first kappa shape index (κ1) is 13.1. The molecule has 0 bridgehead atoms. The molecule has 1 aromatic carbocycles. The Labute approximate surface area is 112 Å². The second-order valence-corrected chi connectivity index (χ2v) is 5.44. The second-order valence-electron chi connectivity index (χ2n) is 4.37. The van der Waals surface area contributed by atoms with Crippen molar-refractivity contribution >= 4 is 17.0 Å². The molecule has 0 aliphatic heterocycles. The van der Waals surface area contributed by atoms with Gasteiger partial charge in [0.1, 0.15) is 0 Å². The van der Waals surface area contributed by atoms with Crippen LogP contribution in [0.5, 0.6) is 0 Å². The van der Waals surface area contributed by atoms with Crippen molar-refractivity contribution in [2.75, 3.05) is 19.0 Å². The number of anilines is 1. The van der Waals surface area contributed by atoms with Gasteiger partial charge in [-0.25, -0.2) is 4.98 Å². The largest absolute Gasteiger partial charge is 0.368 e. The molecule has 0 spiro atoms. The molecule has 0 atom stereocenters. The number of hydrogen-bond acceptors (Lipinski definition) is 4. The zero-order valence-corrected chi connectivity index (χ0v) is 11.9. The van der Waals surface area contributed by atoms with Crippen LogP contribution in [0, 0.1) is 6.92 Å². The molecule has 1 N–H and O–H groups in total. The Hall–Kier alpha value is -1.39. The van der Waals surface area contributed by atoms with E-state index in [2.05, 4.69) is 51.9 Å². The Balaban J connectivity index is 2.15. The van der Waals surface area contributed by atoms with Crippen LogP contribution in [0.3, 0.4) is 0 Å². The maximum atomic E-state index is 4.51. The molecule has 0 unspecified atom stereocenters. The molecule has 0 radical (unpaired) electrons. The van der Waals surface area contributed by atoms with E-state index in [-0.39, 0.29) is 0 Å². The Morgan fingerprint density at radius 3 is 2.78 bits per heavy atom. The Morgan fingerprint density at radius 2 is 2.11 bits per heavy atom. The molecular weight excluding hydrogens is 242 g/mol. The van der Waals surface area contributed by atoms with Gasteiger partial charge in [0.15, 0.2) is 0 Å². The standard InChI is InChI=1S/C14H19N3S/c1-11-16-13(10-18-11)9-17(3)14-7-5-4-6-12(14)8-15-2/h4-7,10,15H,8-9H2,1-3H3. The third-order valence-electron chi connectivity index (χ3n) is 2.84. The smallest absolute Gasteiger partial charge is 0.0898 e. The molecule has 2 aromatic rings. The van der Waals surface area contributed by atoms with E-state index >= 15 is 0 Å². The number of thiazole rings is 1. The fraction of sp³-hybridized carbons (Fsp3) is 0.357. The van der Waals surface area contributed by atoms with Gasteiger partial charge in [-0.3, -0.25) is 0 Å². The molecule has 0 saturated heterocycles. The quantitative estimate of drug-likeness (QED) is 0.897. The van der Waals surface area contributed by atoms with Crippen molar-refractivity contribution < 1.29 is 0 Å². The zero-order valence-electron chi connectivity index (χ0n) is 11.1. The predicted molar refractivity (Wildman–Crippen MR) is 78.2 cm³/mol. The maximum absolute atomic E-state index is 4.51. The summed E-state index contributed by atoms with van der Waals surface area (Å²) in [5.74, 6) is 0. The Bertz CT molecular complexity index is 507. The maximum Gasteiger partial charge on any atom is 0.0898 e. The molecule has 96 valence electrons. The van der Waals surface area contributed by atoms with Gasteiger partial charge >= 0.3 is 0 Å². The first-order chi connectivity index (χ1) is 8.70. The summed E-state index contributed by atoms with van der Waals surface area (Å²) in [6, 6.07) is 8.48. The first-order valence-corrected chi connectivity index (χ1v) is 6.93. The molecule has 0 aliphatic carbocycles. The van der Waals surface area contributed by atoms with Crippen LogP contribution < -0.4 is 10.2 Å². The summed E-state index contributed by atoms with van der Waals surface area (Å²) in [5, 5.41) is 6.47. The number of nitrogens with zero attached hydrogens (tertiary/aromatic N) is 2. The topological polar surface area (TPSA) is 28.2 Å². The van der Waals surface area contributed by atoms with Gasteiger partial charge < -0.3 is 10.2 Å². The van der Waals surface area contributed by atoms with Crippen LogP contribution >= 0.6 is 11.3 Å². The number of para-hydroxylation sites is 1. The molecule has 2 rings (SSSR count). The number of aromatic nitrogens is 1. The van der Waals surface area contributed by atoms with E-state index in [1.165, 1.54) is 11.3 Å². The van der Waals surface area contributed by atoms with Gasteiger partial charge in [-0.2, -0.15) is 0 Å². The van der Waals surface area contributed by atoms with Gasteiger partial charge in [0.05, 0.1) is 17.2 Å². The molecule has 18 heavy (non-hydrogen) atoms. The number of aryl methyl sites for hydroxylation is 1. The van der Waals surface area contributed by atoms with Crippen LogP contribution in [0.25, 0.3) is 0 Å². The fourth-order valence-corrected chi connectivity index (χ4v) is 2.64. The fourth-order valence-electron chi connectivity index (χ4n) is 2.03. The molecule has 1 aromatic heterocycles. The van der Waals surface area contributed by atoms with Crippen LogP contribution in [0.1, 0.15) is 16.3 Å². The van der Waals surface area contributed by atoms with Crippen LogP contribution in [-0.2, 0) is 13.1 Å². The van der Waals surface area contributed by atoms with Crippen molar-refractivity contribution in [3.63, 3.8) is 0 Å². The van der Waals surface area contributed by atoms with E-state index in [4.69, 9.17) is 0 Å². The molecule has 0 aliphatic rings. The molecule has 0 fully saturated rings. The highest BCUT2D eigenvalue weighted by molar-refractivity contribution is 7.09. The van der Waals surface area contributed by atoms with Crippen LogP contribution in [0.4, 0.5) is 5.69 Å². The summed E-state index contributed by atoms with van der Waals surface area (Å²) in [4.78, 5) is 6.76. The Morgan fingerprint density at radius 1 is 1.33 bits per heavy atom. The monoisotopic (exact) mass is 261 g/mol. The average molecular weight is 261 g/mol. The molecular formula is C14H19N3S. The summed E-state index contributed by atoms with van der Waals surface area (Å²) in [6.45, 7) is 3.78. The minimum atomic E-state index is 0.852. The minimum Gasteiger partial charge on any atom is -0.368 e. The lowest BCUT2D eigenvalue weighted by Crippen LogP contribution is -2.19. The van der Waals surface area contributed by atoms with Gasteiger partial charge in [-0.15, -0.1) is 11.3 Å². The van der Waals surface area contributed by atoms with Crippen molar-refractivity contribution in [3.8, 4) is 0 Å². The summed E-state index contributed by atoms with van der Waals surface area (Å²) < 4.78 is 0. The molecule has 1 heterocycles. The zero-order chi connectivity index (χ0) is 13.0. The van der Waals surface area contributed by atoms with Gasteiger partial charge in [0, 0.05) is 24.7 Å². The lowest BCUT2D eigenvalue weighted by atomic mass is 10.1. The lowest BCUT2D eigenvalue weighted by Gasteiger charge is -2.21. The Kier molecular flexibility index (Phi) is 4.33. The molecule has 0 saturated carbocycles. The second kappa shape index (κ2) is 5.98. The number of nitrogens with one attached hydrogen (secondary N) is 1. The summed E-state index contributed by atoms with van der Waals surface area (Å²) in [7, 11) is 4.09. The molecule has 3 nitrogen and oxygen atoms in total. The molecule has 0 amide bonds. The van der Waals surface area contributed by atoms with Crippen molar-refractivity contribution in [3.05, 3.63) is 45.9 Å². The van der Waals surface area contributed by atoms with Gasteiger partial charge in [-0.05, 0) is 25.6 Å². The minimum absolute atomic E-state index is 0.852. The summed E-state index contributed by atoms with van der Waals surface area (Å²) >= 11 is 1.71. The third kappa shape index (κ3) is 3.09. The van der Waals surface area contributed by atoms with Crippen LogP contribution in [0.15, 0.2) is 29.6 Å². The summed E-state index contributed by atoms with van der Waals surface area (Å²) in [5.41, 5.74) is 3.71. The highest BCUT2D eigenvalue weighted by Crippen LogP contribution is 2.21. The van der Waals surface area contributed by atoms with E-state index in [9.17, 15) is 0 Å². The van der Waals surface area contributed by atoms with Crippen molar-refractivity contribution in [2.24, 2.45) is 0 Å². The normalized spacial score (nSPS) is 10.6. The van der Waals surface area contributed by atoms with E-state index in [0.717, 1.165) is 23.8 Å². The average Bonchev–Trinajstić information content (AvgIpc) is 2.76. The highest BCUT2D eigenvalue weighted by Gasteiger charge is 2.08. The van der Waals surface area contributed by atoms with Gasteiger partial charge in [0.2, 0.25) is 0 Å². The van der Waals surface area contributed by atoms with E-state index in [0.29, 0.717) is 0 Å². The van der Waals surface area contributed by atoms with Crippen molar-refractivity contribution in [2.45, 2.75) is 20.0 Å². The van der Waals surface area contributed by atoms with Gasteiger partial charge in [-0.1, -0.05) is 18.2 Å². The van der Waals surface area contributed by atoms with Crippen LogP contribution in [-0.4, -0.2) is 19.1 Å². The van der Waals surface area contributed by atoms with E-state index in [1.54, 1.807) is 11.3 Å². The van der Waals surface area contributed by atoms with Gasteiger partial charge in [0.25, 0.3) is 0 Å². The lowest BCUT2D eigenvalue weighted by molar-refractivity contribution is 0.802.